The summed E-state index contributed by atoms with van der Waals surface area (Å²) in [7, 11) is 0. The predicted molar refractivity (Wildman–Crippen MR) is 60.9 cm³/mol. The first-order valence-corrected chi connectivity index (χ1v) is 5.41. The lowest BCUT2D eigenvalue weighted by atomic mass is 10.2. The van der Waals surface area contributed by atoms with E-state index in [2.05, 4.69) is 0 Å². The zero-order valence-electron chi connectivity index (χ0n) is 8.92. The van der Waals surface area contributed by atoms with Crippen molar-refractivity contribution in [3.05, 3.63) is 34.6 Å². The molecule has 0 saturated heterocycles. The number of halogens is 2. The van der Waals surface area contributed by atoms with Crippen LogP contribution < -0.4 is 5.73 Å². The van der Waals surface area contributed by atoms with Gasteiger partial charge < -0.3 is 15.2 Å². The Morgan fingerprint density at radius 2 is 1.94 bits per heavy atom. The highest BCUT2D eigenvalue weighted by molar-refractivity contribution is 6.30. The number of ether oxygens (including phenoxy) is 2. The van der Waals surface area contributed by atoms with E-state index in [9.17, 15) is 4.39 Å². The molecule has 0 bridgehead atoms. The Bertz CT molecular complexity index is 323. The molecule has 0 amide bonds. The summed E-state index contributed by atoms with van der Waals surface area (Å²) in [5.41, 5.74) is 5.73. The van der Waals surface area contributed by atoms with Crippen molar-refractivity contribution in [1.82, 2.24) is 0 Å². The molecule has 2 N–H and O–H groups in total. The Morgan fingerprint density at radius 3 is 2.62 bits per heavy atom. The van der Waals surface area contributed by atoms with Crippen molar-refractivity contribution in [2.45, 2.75) is 6.61 Å². The largest absolute Gasteiger partial charge is 0.378 e. The molecule has 1 rings (SSSR count). The SMILES string of the molecule is NCCOCCOCc1ccc(Cl)cc1F. The molecule has 90 valence electrons. The molecule has 3 nitrogen and oxygen atoms in total. The van der Waals surface area contributed by atoms with E-state index in [1.165, 1.54) is 6.07 Å². The third-order valence-corrected chi connectivity index (χ3v) is 2.14. The van der Waals surface area contributed by atoms with Crippen molar-refractivity contribution in [2.75, 3.05) is 26.4 Å². The second-order valence-corrected chi connectivity index (χ2v) is 3.63. The van der Waals surface area contributed by atoms with Crippen molar-refractivity contribution in [1.29, 1.82) is 0 Å². The summed E-state index contributed by atoms with van der Waals surface area (Å²) in [4.78, 5) is 0. The molecule has 1 aromatic carbocycles. The molecule has 0 atom stereocenters. The molecule has 0 unspecified atom stereocenters. The third kappa shape index (κ3) is 4.90. The molecule has 0 aromatic heterocycles. The summed E-state index contributed by atoms with van der Waals surface area (Å²) in [5.74, 6) is -0.352. The van der Waals surface area contributed by atoms with E-state index >= 15 is 0 Å². The van der Waals surface area contributed by atoms with E-state index in [1.807, 2.05) is 0 Å². The molecule has 0 saturated carbocycles. The zero-order valence-corrected chi connectivity index (χ0v) is 9.67. The minimum Gasteiger partial charge on any atom is -0.378 e. The van der Waals surface area contributed by atoms with Crippen LogP contribution in [0.1, 0.15) is 5.56 Å². The first kappa shape index (κ1) is 13.4. The second-order valence-electron chi connectivity index (χ2n) is 3.19. The molecule has 0 aliphatic rings. The number of rotatable bonds is 7. The fourth-order valence-electron chi connectivity index (χ4n) is 1.12. The average Bonchev–Trinajstić information content (AvgIpc) is 2.26. The molecule has 0 spiro atoms. The van der Waals surface area contributed by atoms with Gasteiger partial charge in [0.05, 0.1) is 26.4 Å². The molecule has 0 radical (unpaired) electrons. The Balaban J connectivity index is 2.21. The lowest BCUT2D eigenvalue weighted by molar-refractivity contribution is 0.0424. The molecule has 1 aromatic rings. The van der Waals surface area contributed by atoms with Crippen molar-refractivity contribution >= 4 is 11.6 Å². The molecule has 0 fully saturated rings. The van der Waals surface area contributed by atoms with Gasteiger partial charge in [0.25, 0.3) is 0 Å². The summed E-state index contributed by atoms with van der Waals surface area (Å²) in [6.07, 6.45) is 0. The molecular weight excluding hydrogens is 233 g/mol. The van der Waals surface area contributed by atoms with Crippen LogP contribution in [0.15, 0.2) is 18.2 Å². The summed E-state index contributed by atoms with van der Waals surface area (Å²) in [6, 6.07) is 4.51. The lowest BCUT2D eigenvalue weighted by Crippen LogP contribution is -2.12. The average molecular weight is 248 g/mol. The maximum atomic E-state index is 13.3. The Labute approximate surface area is 99.3 Å². The van der Waals surface area contributed by atoms with Crippen LogP contribution >= 0.6 is 11.6 Å². The van der Waals surface area contributed by atoms with E-state index in [-0.39, 0.29) is 12.4 Å². The fraction of sp³-hybridized carbons (Fsp3) is 0.455. The highest BCUT2D eigenvalue weighted by atomic mass is 35.5. The van der Waals surface area contributed by atoms with Crippen LogP contribution in [0.3, 0.4) is 0 Å². The number of nitrogens with two attached hydrogens (primary N) is 1. The summed E-state index contributed by atoms with van der Waals surface area (Å²) in [5, 5.41) is 0.382. The standard InChI is InChI=1S/C11H15ClFNO2/c12-10-2-1-9(11(13)7-10)8-16-6-5-15-4-3-14/h1-2,7H,3-6,8,14H2. The second kappa shape index (κ2) is 7.57. The van der Waals surface area contributed by atoms with Gasteiger partial charge in [0.15, 0.2) is 0 Å². The van der Waals surface area contributed by atoms with Gasteiger partial charge >= 0.3 is 0 Å². The van der Waals surface area contributed by atoms with Crippen molar-refractivity contribution < 1.29 is 13.9 Å². The van der Waals surface area contributed by atoms with Crippen LogP contribution in [0, 0.1) is 5.82 Å². The van der Waals surface area contributed by atoms with Crippen LogP contribution in [0.25, 0.3) is 0 Å². The molecule has 0 aliphatic heterocycles. The monoisotopic (exact) mass is 247 g/mol. The number of benzene rings is 1. The van der Waals surface area contributed by atoms with E-state index < -0.39 is 0 Å². The van der Waals surface area contributed by atoms with Crippen LogP contribution in [-0.4, -0.2) is 26.4 Å². The van der Waals surface area contributed by atoms with Gasteiger partial charge in [-0.15, -0.1) is 0 Å². The summed E-state index contributed by atoms with van der Waals surface area (Å²) in [6.45, 7) is 2.11. The van der Waals surface area contributed by atoms with E-state index in [1.54, 1.807) is 12.1 Å². The van der Waals surface area contributed by atoms with Crippen molar-refractivity contribution in [3.8, 4) is 0 Å². The molecule has 0 heterocycles. The first-order valence-electron chi connectivity index (χ1n) is 5.03. The maximum Gasteiger partial charge on any atom is 0.130 e. The Morgan fingerprint density at radius 1 is 1.19 bits per heavy atom. The van der Waals surface area contributed by atoms with Crippen LogP contribution in [0.4, 0.5) is 4.39 Å². The van der Waals surface area contributed by atoms with Crippen LogP contribution in [-0.2, 0) is 16.1 Å². The van der Waals surface area contributed by atoms with Gasteiger partial charge in [0.1, 0.15) is 5.82 Å². The predicted octanol–water partition coefficient (Wildman–Crippen LogP) is 1.97. The summed E-state index contributed by atoms with van der Waals surface area (Å²) >= 11 is 5.62. The van der Waals surface area contributed by atoms with E-state index in [0.29, 0.717) is 37.0 Å². The fourth-order valence-corrected chi connectivity index (χ4v) is 1.28. The van der Waals surface area contributed by atoms with Gasteiger partial charge in [-0.25, -0.2) is 4.39 Å². The third-order valence-electron chi connectivity index (χ3n) is 1.91. The zero-order chi connectivity index (χ0) is 11.8. The van der Waals surface area contributed by atoms with Gasteiger partial charge in [0, 0.05) is 17.1 Å². The molecule has 5 heteroatoms. The Kier molecular flexibility index (Phi) is 6.33. The van der Waals surface area contributed by atoms with Gasteiger partial charge in [-0.3, -0.25) is 0 Å². The topological polar surface area (TPSA) is 44.5 Å². The smallest absolute Gasteiger partial charge is 0.130 e. The molecule has 16 heavy (non-hydrogen) atoms. The molecule has 0 aliphatic carbocycles. The van der Waals surface area contributed by atoms with Gasteiger partial charge in [-0.2, -0.15) is 0 Å². The number of hydrogen-bond acceptors (Lipinski definition) is 3. The van der Waals surface area contributed by atoms with Crippen LogP contribution in [0.5, 0.6) is 0 Å². The van der Waals surface area contributed by atoms with E-state index in [4.69, 9.17) is 26.8 Å². The van der Waals surface area contributed by atoms with Gasteiger partial charge in [0.2, 0.25) is 0 Å². The van der Waals surface area contributed by atoms with Gasteiger partial charge in [-0.05, 0) is 12.1 Å². The number of hydrogen-bond donors (Lipinski definition) is 1. The van der Waals surface area contributed by atoms with Crippen molar-refractivity contribution in [3.63, 3.8) is 0 Å². The van der Waals surface area contributed by atoms with Crippen LogP contribution in [0.2, 0.25) is 5.02 Å². The van der Waals surface area contributed by atoms with E-state index in [0.717, 1.165) is 0 Å². The minimum absolute atomic E-state index is 0.217. The normalized spacial score (nSPS) is 10.7. The molecular formula is C11H15ClFNO2. The highest BCUT2D eigenvalue weighted by Gasteiger charge is 2.02. The Hall–Kier alpha value is -0.680. The highest BCUT2D eigenvalue weighted by Crippen LogP contribution is 2.15. The maximum absolute atomic E-state index is 13.3. The van der Waals surface area contributed by atoms with Crippen molar-refractivity contribution in [2.24, 2.45) is 5.73 Å². The first-order chi connectivity index (χ1) is 7.74. The quantitative estimate of drug-likeness (QED) is 0.750. The minimum atomic E-state index is -0.352. The van der Waals surface area contributed by atoms with Gasteiger partial charge in [-0.1, -0.05) is 17.7 Å². The lowest BCUT2D eigenvalue weighted by Gasteiger charge is -2.06. The summed E-state index contributed by atoms with van der Waals surface area (Å²) < 4.78 is 23.6.